The highest BCUT2D eigenvalue weighted by molar-refractivity contribution is 6.33. The van der Waals surface area contributed by atoms with E-state index in [0.29, 0.717) is 41.2 Å². The molecule has 1 fully saturated rings. The number of rotatable bonds is 3. The molecule has 1 saturated heterocycles. The van der Waals surface area contributed by atoms with Crippen LogP contribution in [0.25, 0.3) is 11.0 Å². The molecule has 6 nitrogen and oxygen atoms in total. The third kappa shape index (κ3) is 2.90. The lowest BCUT2D eigenvalue weighted by atomic mass is 10.1. The van der Waals surface area contributed by atoms with Gasteiger partial charge < -0.3 is 15.5 Å². The molecule has 0 amide bonds. The Morgan fingerprint density at radius 2 is 1.96 bits per heavy atom. The highest BCUT2D eigenvalue weighted by Crippen LogP contribution is 2.31. The standard InChI is InChI=1S/C15H20ClFN6/c1-7-11-13(18-3)21-15(20-10-6-23(4)5-9(10)17)22-14(11)19-8(2)12(7)16/h9-10H,5-6H2,1-4H3,(H2,18,19,20,21,22)/t9-,10+/m1/s1. The molecule has 124 valence electrons. The second-order valence-corrected chi connectivity index (χ2v) is 6.35. The third-order valence-corrected chi connectivity index (χ3v) is 4.72. The van der Waals surface area contributed by atoms with Crippen LogP contribution in [0.5, 0.6) is 0 Å². The van der Waals surface area contributed by atoms with Gasteiger partial charge >= 0.3 is 0 Å². The van der Waals surface area contributed by atoms with E-state index in [9.17, 15) is 4.39 Å². The van der Waals surface area contributed by atoms with Crippen LogP contribution in [0.15, 0.2) is 0 Å². The maximum atomic E-state index is 14.0. The average molecular weight is 339 g/mol. The van der Waals surface area contributed by atoms with Gasteiger partial charge in [-0.25, -0.2) is 9.37 Å². The first-order valence-electron chi connectivity index (χ1n) is 7.52. The number of alkyl halides is 1. The van der Waals surface area contributed by atoms with Gasteiger partial charge in [0.1, 0.15) is 12.0 Å². The molecule has 0 unspecified atom stereocenters. The summed E-state index contributed by atoms with van der Waals surface area (Å²) in [5.41, 5.74) is 2.15. The number of anilines is 2. The predicted octanol–water partition coefficient (Wildman–Crippen LogP) is 2.40. The maximum absolute atomic E-state index is 14.0. The molecule has 0 radical (unpaired) electrons. The minimum absolute atomic E-state index is 0.323. The smallest absolute Gasteiger partial charge is 0.227 e. The van der Waals surface area contributed by atoms with Crippen molar-refractivity contribution < 1.29 is 4.39 Å². The Bertz CT molecular complexity index is 753. The van der Waals surface area contributed by atoms with Gasteiger partial charge in [-0.15, -0.1) is 0 Å². The first kappa shape index (κ1) is 16.1. The first-order chi connectivity index (χ1) is 10.9. The molecule has 0 bridgehead atoms. The number of nitrogens with one attached hydrogen (secondary N) is 2. The normalized spacial score (nSPS) is 21.8. The van der Waals surface area contributed by atoms with Gasteiger partial charge in [0.15, 0.2) is 5.65 Å². The molecule has 2 aromatic heterocycles. The zero-order chi connectivity index (χ0) is 16.7. The highest BCUT2D eigenvalue weighted by atomic mass is 35.5. The molecule has 2 atom stereocenters. The number of aryl methyl sites for hydroxylation is 2. The van der Waals surface area contributed by atoms with E-state index in [1.54, 1.807) is 7.05 Å². The largest absolute Gasteiger partial charge is 0.372 e. The van der Waals surface area contributed by atoms with Crippen LogP contribution in [0, 0.1) is 13.8 Å². The number of hydrogen-bond acceptors (Lipinski definition) is 6. The minimum Gasteiger partial charge on any atom is -0.372 e. The van der Waals surface area contributed by atoms with E-state index >= 15 is 0 Å². The first-order valence-corrected chi connectivity index (χ1v) is 7.89. The number of nitrogens with zero attached hydrogens (tertiary/aromatic N) is 4. The summed E-state index contributed by atoms with van der Waals surface area (Å²) in [6.45, 7) is 4.78. The lowest BCUT2D eigenvalue weighted by Crippen LogP contribution is -2.30. The zero-order valence-electron chi connectivity index (χ0n) is 13.6. The van der Waals surface area contributed by atoms with E-state index in [1.807, 2.05) is 25.8 Å². The summed E-state index contributed by atoms with van der Waals surface area (Å²) >= 11 is 6.28. The second kappa shape index (κ2) is 6.05. The van der Waals surface area contributed by atoms with E-state index in [4.69, 9.17) is 11.6 Å². The second-order valence-electron chi connectivity index (χ2n) is 5.97. The monoisotopic (exact) mass is 338 g/mol. The Hall–Kier alpha value is -1.73. The third-order valence-electron chi connectivity index (χ3n) is 4.17. The van der Waals surface area contributed by atoms with Crippen molar-refractivity contribution in [1.29, 1.82) is 0 Å². The summed E-state index contributed by atoms with van der Waals surface area (Å²) in [6, 6.07) is -0.323. The van der Waals surface area contributed by atoms with E-state index in [-0.39, 0.29) is 6.04 Å². The van der Waals surface area contributed by atoms with Gasteiger partial charge in [0, 0.05) is 20.1 Å². The average Bonchev–Trinajstić information content (AvgIpc) is 2.81. The molecule has 0 spiro atoms. The summed E-state index contributed by atoms with van der Waals surface area (Å²) in [7, 11) is 3.67. The van der Waals surface area contributed by atoms with Crippen molar-refractivity contribution >= 4 is 34.4 Å². The molecule has 3 rings (SSSR count). The van der Waals surface area contributed by atoms with Crippen molar-refractivity contribution in [2.75, 3.05) is 37.8 Å². The van der Waals surface area contributed by atoms with Crippen LogP contribution >= 0.6 is 11.6 Å². The van der Waals surface area contributed by atoms with Gasteiger partial charge in [-0.1, -0.05) is 11.6 Å². The number of likely N-dealkylation sites (N-methyl/N-ethyl adjacent to an activating group) is 1. The molecule has 8 heteroatoms. The Labute approximate surface area is 139 Å². The highest BCUT2D eigenvalue weighted by Gasteiger charge is 2.31. The fourth-order valence-electron chi connectivity index (χ4n) is 2.96. The van der Waals surface area contributed by atoms with Crippen LogP contribution in [0.3, 0.4) is 0 Å². The van der Waals surface area contributed by atoms with Crippen molar-refractivity contribution in [3.8, 4) is 0 Å². The molecule has 0 saturated carbocycles. The van der Waals surface area contributed by atoms with Crippen LogP contribution in [-0.4, -0.2) is 59.3 Å². The fraction of sp³-hybridized carbons (Fsp3) is 0.533. The van der Waals surface area contributed by atoms with Gasteiger partial charge in [-0.2, -0.15) is 9.97 Å². The number of aromatic nitrogens is 3. The summed E-state index contributed by atoms with van der Waals surface area (Å²) in [6.07, 6.45) is -0.945. The van der Waals surface area contributed by atoms with Gasteiger partial charge in [0.2, 0.25) is 5.95 Å². The topological polar surface area (TPSA) is 66.0 Å². The Morgan fingerprint density at radius 3 is 2.57 bits per heavy atom. The SMILES string of the molecule is CNc1nc(N[C@H]2CN(C)C[C@H]2F)nc2nc(C)c(Cl)c(C)c12. The van der Waals surface area contributed by atoms with E-state index in [2.05, 4.69) is 25.6 Å². The van der Waals surface area contributed by atoms with Crippen molar-refractivity contribution in [2.24, 2.45) is 0 Å². The fourth-order valence-corrected chi connectivity index (χ4v) is 3.10. The maximum Gasteiger partial charge on any atom is 0.227 e. The summed E-state index contributed by atoms with van der Waals surface area (Å²) in [5, 5.41) is 7.54. The molecule has 2 N–H and O–H groups in total. The molecule has 23 heavy (non-hydrogen) atoms. The van der Waals surface area contributed by atoms with Crippen molar-refractivity contribution in [3.63, 3.8) is 0 Å². The minimum atomic E-state index is -0.945. The van der Waals surface area contributed by atoms with Crippen molar-refractivity contribution in [3.05, 3.63) is 16.3 Å². The van der Waals surface area contributed by atoms with E-state index < -0.39 is 6.17 Å². The Balaban J connectivity index is 2.04. The lowest BCUT2D eigenvalue weighted by Gasteiger charge is -2.17. The van der Waals surface area contributed by atoms with Crippen molar-refractivity contribution in [1.82, 2.24) is 19.9 Å². The summed E-state index contributed by atoms with van der Waals surface area (Å²) in [4.78, 5) is 15.3. The predicted molar refractivity (Wildman–Crippen MR) is 91.2 cm³/mol. The van der Waals surface area contributed by atoms with Crippen LogP contribution in [0.2, 0.25) is 5.02 Å². The molecular formula is C15H20ClFN6. The number of likely N-dealkylation sites (tertiary alicyclic amines) is 1. The van der Waals surface area contributed by atoms with Crippen molar-refractivity contribution in [2.45, 2.75) is 26.1 Å². The number of pyridine rings is 1. The molecule has 0 aliphatic carbocycles. The summed E-state index contributed by atoms with van der Waals surface area (Å²) in [5.74, 6) is 1.00. The van der Waals surface area contributed by atoms with Crippen LogP contribution < -0.4 is 10.6 Å². The summed E-state index contributed by atoms with van der Waals surface area (Å²) < 4.78 is 14.0. The molecule has 2 aromatic rings. The molecular weight excluding hydrogens is 319 g/mol. The van der Waals surface area contributed by atoms with Gasteiger partial charge in [0.25, 0.3) is 0 Å². The Morgan fingerprint density at radius 1 is 1.22 bits per heavy atom. The zero-order valence-corrected chi connectivity index (χ0v) is 14.4. The molecule has 3 heterocycles. The molecule has 1 aliphatic rings. The van der Waals surface area contributed by atoms with Gasteiger partial charge in [-0.05, 0) is 26.5 Å². The molecule has 1 aliphatic heterocycles. The number of halogens is 2. The van der Waals surface area contributed by atoms with Gasteiger partial charge in [0.05, 0.1) is 22.1 Å². The van der Waals surface area contributed by atoms with E-state index in [0.717, 1.165) is 10.9 Å². The quantitative estimate of drug-likeness (QED) is 0.896. The van der Waals surface area contributed by atoms with E-state index in [1.165, 1.54) is 0 Å². The van der Waals surface area contributed by atoms with Gasteiger partial charge in [-0.3, -0.25) is 0 Å². The number of hydrogen-bond donors (Lipinski definition) is 2. The van der Waals surface area contributed by atoms with Crippen LogP contribution in [0.1, 0.15) is 11.3 Å². The lowest BCUT2D eigenvalue weighted by molar-refractivity contribution is 0.314. The van der Waals surface area contributed by atoms with Crippen LogP contribution in [0.4, 0.5) is 16.2 Å². The number of fused-ring (bicyclic) bond motifs is 1. The molecule has 0 aromatic carbocycles. The Kier molecular flexibility index (Phi) is 4.25. The van der Waals surface area contributed by atoms with Crippen LogP contribution in [-0.2, 0) is 0 Å².